The third-order valence-electron chi connectivity index (χ3n) is 3.01. The van der Waals surface area contributed by atoms with Crippen LogP contribution in [0.1, 0.15) is 34.5 Å². The predicted octanol–water partition coefficient (Wildman–Crippen LogP) is 4.11. The van der Waals surface area contributed by atoms with E-state index in [-0.39, 0.29) is 5.78 Å². The van der Waals surface area contributed by atoms with E-state index in [1.54, 1.807) is 29.3 Å². The summed E-state index contributed by atoms with van der Waals surface area (Å²) in [6.45, 7) is 0. The molecule has 6 heteroatoms. The normalized spacial score (nSPS) is 14.5. The van der Waals surface area contributed by atoms with Crippen LogP contribution < -0.4 is 0 Å². The molecule has 0 saturated heterocycles. The Hall–Kier alpha value is -0.720. The number of hydrogen-bond donors (Lipinski definition) is 0. The topological polar surface area (TPSA) is 42.9 Å². The van der Waals surface area contributed by atoms with Crippen molar-refractivity contribution < 1.29 is 4.79 Å². The average molecular weight is 355 g/mol. The molecule has 1 aliphatic rings. The lowest BCUT2D eigenvalue weighted by Gasteiger charge is -2.13. The first-order valence-corrected chi connectivity index (χ1v) is 8.63. The van der Waals surface area contributed by atoms with Crippen LogP contribution in [0.5, 0.6) is 0 Å². The molecule has 0 fully saturated rings. The van der Waals surface area contributed by atoms with E-state index in [2.05, 4.69) is 37.3 Å². The minimum atomic E-state index is 0.179. The largest absolute Gasteiger partial charge is 0.294 e. The molecule has 0 aliphatic heterocycles. The summed E-state index contributed by atoms with van der Waals surface area (Å²) in [6, 6.07) is 2.10. The second kappa shape index (κ2) is 5.73. The monoisotopic (exact) mass is 354 g/mol. The Morgan fingerprint density at radius 1 is 1.42 bits per heavy atom. The van der Waals surface area contributed by atoms with E-state index in [1.807, 2.05) is 0 Å². The van der Waals surface area contributed by atoms with Crippen LogP contribution in [0.2, 0.25) is 0 Å². The van der Waals surface area contributed by atoms with Crippen molar-refractivity contribution in [1.29, 1.82) is 0 Å². The van der Waals surface area contributed by atoms with E-state index in [4.69, 9.17) is 0 Å². The fourth-order valence-corrected chi connectivity index (χ4v) is 4.35. The zero-order valence-corrected chi connectivity index (χ0v) is 13.3. The van der Waals surface area contributed by atoms with Crippen molar-refractivity contribution in [2.75, 3.05) is 0 Å². The molecule has 0 radical (unpaired) electrons. The molecule has 0 N–H and O–H groups in total. The summed E-state index contributed by atoms with van der Waals surface area (Å²) >= 11 is 6.82. The van der Waals surface area contributed by atoms with Crippen LogP contribution in [-0.4, -0.2) is 15.8 Å². The second-order valence-electron chi connectivity index (χ2n) is 4.30. The highest BCUT2D eigenvalue weighted by Gasteiger charge is 2.19. The molecule has 1 aliphatic carbocycles. The lowest BCUT2D eigenvalue weighted by Crippen LogP contribution is -2.13. The minimum Gasteiger partial charge on any atom is -0.294 e. The van der Waals surface area contributed by atoms with Crippen molar-refractivity contribution in [2.45, 2.75) is 30.2 Å². The Morgan fingerprint density at radius 3 is 3.11 bits per heavy atom. The first-order chi connectivity index (χ1) is 9.24. The van der Waals surface area contributed by atoms with Gasteiger partial charge < -0.3 is 0 Å². The van der Waals surface area contributed by atoms with E-state index in [9.17, 15) is 4.79 Å². The maximum atomic E-state index is 11.7. The van der Waals surface area contributed by atoms with Gasteiger partial charge in [-0.25, -0.2) is 9.97 Å². The zero-order chi connectivity index (χ0) is 13.2. The molecule has 3 rings (SSSR count). The van der Waals surface area contributed by atoms with Crippen molar-refractivity contribution >= 4 is 44.8 Å². The zero-order valence-electron chi connectivity index (χ0n) is 10.1. The highest BCUT2D eigenvalue weighted by molar-refractivity contribution is 9.11. The first kappa shape index (κ1) is 13.3. The smallest absolute Gasteiger partial charge is 0.188 e. The van der Waals surface area contributed by atoms with Crippen LogP contribution in [0, 0.1) is 0 Å². The van der Waals surface area contributed by atoms with Gasteiger partial charge in [-0.2, -0.15) is 0 Å². The standard InChI is InChI=1S/C13H11BrN2OS2/c14-12-8(4-5-18-12)7-19-13-15-6-9-10(16-13)2-1-3-11(9)17/h4-6H,1-3,7H2. The molecular weight excluding hydrogens is 344 g/mol. The van der Waals surface area contributed by atoms with E-state index >= 15 is 0 Å². The summed E-state index contributed by atoms with van der Waals surface area (Å²) in [7, 11) is 0. The quantitative estimate of drug-likeness (QED) is 0.614. The van der Waals surface area contributed by atoms with Crippen LogP contribution in [0.4, 0.5) is 0 Å². The second-order valence-corrected chi connectivity index (χ2v) is 7.47. The van der Waals surface area contributed by atoms with Gasteiger partial charge >= 0.3 is 0 Å². The molecule has 2 heterocycles. The third-order valence-corrected chi connectivity index (χ3v) is 5.73. The van der Waals surface area contributed by atoms with Crippen LogP contribution in [0.3, 0.4) is 0 Å². The van der Waals surface area contributed by atoms with Crippen molar-refractivity contribution in [1.82, 2.24) is 9.97 Å². The maximum Gasteiger partial charge on any atom is 0.188 e. The molecule has 2 aromatic rings. The van der Waals surface area contributed by atoms with Gasteiger partial charge in [0.1, 0.15) is 0 Å². The lowest BCUT2D eigenvalue weighted by molar-refractivity contribution is 0.0970. The SMILES string of the molecule is O=C1CCCc2nc(SCc3ccsc3Br)ncc21. The summed E-state index contributed by atoms with van der Waals surface area (Å²) in [5.41, 5.74) is 2.89. The van der Waals surface area contributed by atoms with Crippen molar-refractivity contribution in [3.8, 4) is 0 Å². The van der Waals surface area contributed by atoms with Gasteiger partial charge in [0, 0.05) is 18.4 Å². The molecular formula is C13H11BrN2OS2. The number of hydrogen-bond acceptors (Lipinski definition) is 5. The number of ketones is 1. The number of aromatic nitrogens is 2. The molecule has 0 saturated carbocycles. The van der Waals surface area contributed by atoms with Gasteiger partial charge in [0.15, 0.2) is 10.9 Å². The van der Waals surface area contributed by atoms with Crippen molar-refractivity contribution in [3.63, 3.8) is 0 Å². The number of thioether (sulfide) groups is 1. The molecule has 0 amide bonds. The maximum absolute atomic E-state index is 11.7. The predicted molar refractivity (Wildman–Crippen MR) is 80.9 cm³/mol. The van der Waals surface area contributed by atoms with Gasteiger partial charge in [0.25, 0.3) is 0 Å². The van der Waals surface area contributed by atoms with Crippen LogP contribution in [-0.2, 0) is 12.2 Å². The number of carbonyl (C=O) groups is 1. The summed E-state index contributed by atoms with van der Waals surface area (Å²) < 4.78 is 1.16. The Kier molecular flexibility index (Phi) is 4.00. The molecule has 0 bridgehead atoms. The van der Waals surface area contributed by atoms with E-state index in [1.165, 1.54) is 5.56 Å². The number of halogens is 1. The van der Waals surface area contributed by atoms with Gasteiger partial charge in [0.2, 0.25) is 0 Å². The molecule has 0 aromatic carbocycles. The number of nitrogens with zero attached hydrogens (tertiary/aromatic N) is 2. The van der Waals surface area contributed by atoms with E-state index in [0.29, 0.717) is 12.0 Å². The molecule has 0 unspecified atom stereocenters. The first-order valence-electron chi connectivity index (χ1n) is 5.98. The Labute approximate surface area is 128 Å². The van der Waals surface area contributed by atoms with Gasteiger partial charge in [-0.05, 0) is 45.8 Å². The van der Waals surface area contributed by atoms with Gasteiger partial charge in [-0.3, -0.25) is 4.79 Å². The fraction of sp³-hybridized carbons (Fsp3) is 0.308. The molecule has 19 heavy (non-hydrogen) atoms. The highest BCUT2D eigenvalue weighted by Crippen LogP contribution is 2.29. The van der Waals surface area contributed by atoms with Gasteiger partial charge in [-0.15, -0.1) is 11.3 Å². The van der Waals surface area contributed by atoms with Crippen LogP contribution in [0.25, 0.3) is 0 Å². The summed E-state index contributed by atoms with van der Waals surface area (Å²) in [4.78, 5) is 20.5. The summed E-state index contributed by atoms with van der Waals surface area (Å²) in [5.74, 6) is 1.02. The number of thiophene rings is 1. The molecule has 2 aromatic heterocycles. The average Bonchev–Trinajstić information content (AvgIpc) is 2.82. The number of Topliss-reactive ketones (excluding diaryl/α,β-unsaturated/α-hetero) is 1. The summed E-state index contributed by atoms with van der Waals surface area (Å²) in [6.07, 6.45) is 4.11. The van der Waals surface area contributed by atoms with Gasteiger partial charge in [0.05, 0.1) is 15.0 Å². The lowest BCUT2D eigenvalue weighted by atomic mass is 9.96. The summed E-state index contributed by atoms with van der Waals surface area (Å²) in [5, 5.41) is 2.82. The third kappa shape index (κ3) is 2.90. The number of rotatable bonds is 3. The molecule has 98 valence electrons. The highest BCUT2D eigenvalue weighted by atomic mass is 79.9. The minimum absolute atomic E-state index is 0.179. The van der Waals surface area contributed by atoms with E-state index in [0.717, 1.165) is 33.2 Å². The van der Waals surface area contributed by atoms with Crippen LogP contribution in [0.15, 0.2) is 26.6 Å². The molecule has 3 nitrogen and oxygen atoms in total. The number of fused-ring (bicyclic) bond motifs is 1. The Bertz CT molecular complexity index is 627. The Balaban J connectivity index is 1.76. The van der Waals surface area contributed by atoms with Crippen molar-refractivity contribution in [2.24, 2.45) is 0 Å². The van der Waals surface area contributed by atoms with Crippen molar-refractivity contribution in [3.05, 3.63) is 38.3 Å². The number of carbonyl (C=O) groups excluding carboxylic acids is 1. The Morgan fingerprint density at radius 2 is 2.32 bits per heavy atom. The van der Waals surface area contributed by atoms with Gasteiger partial charge in [-0.1, -0.05) is 11.8 Å². The molecule has 0 spiro atoms. The van der Waals surface area contributed by atoms with Crippen LogP contribution >= 0.6 is 39.0 Å². The molecule has 0 atom stereocenters. The fourth-order valence-electron chi connectivity index (χ4n) is 2.01. The number of aryl methyl sites for hydroxylation is 1. The van der Waals surface area contributed by atoms with E-state index < -0.39 is 0 Å².